The first-order valence-corrected chi connectivity index (χ1v) is 12.7. The minimum absolute atomic E-state index is 0. The Morgan fingerprint density at radius 2 is 1.64 bits per heavy atom. The smallest absolute Gasteiger partial charge is 0.255 e. The highest BCUT2D eigenvalue weighted by Gasteiger charge is 2.32. The number of carbonyl (C=O) groups is 3. The predicted molar refractivity (Wildman–Crippen MR) is 154 cm³/mol. The zero-order valence-corrected chi connectivity index (χ0v) is 23.0. The standard InChI is InChI=1S/C30H34N4O4.ClH/c1-30(2,31)29(37)33-26(20-38-19-21-9-5-3-6-10-21)28(36)34-16-15-22-13-14-25(17-24(22)18-34)32-27(35)23-11-7-4-8-12-23;/h3-14,17,26H,15-16,18-20,31H2,1-2H3,(H,32,35)(H,33,37);1H/t26-;/m1./s1. The van der Waals surface area contributed by atoms with Gasteiger partial charge in [0.1, 0.15) is 6.04 Å². The molecule has 206 valence electrons. The predicted octanol–water partition coefficient (Wildman–Crippen LogP) is 3.68. The van der Waals surface area contributed by atoms with E-state index in [1.807, 2.05) is 66.7 Å². The summed E-state index contributed by atoms with van der Waals surface area (Å²) in [5.74, 6) is -0.862. The van der Waals surface area contributed by atoms with Crippen LogP contribution in [0.5, 0.6) is 0 Å². The van der Waals surface area contributed by atoms with Crippen molar-refractivity contribution in [1.29, 1.82) is 0 Å². The van der Waals surface area contributed by atoms with Crippen LogP contribution in [0.1, 0.15) is 40.9 Å². The van der Waals surface area contributed by atoms with E-state index in [0.29, 0.717) is 37.4 Å². The number of anilines is 1. The molecule has 0 unspecified atom stereocenters. The molecule has 1 atom stereocenters. The number of halogens is 1. The van der Waals surface area contributed by atoms with Crippen molar-refractivity contribution >= 4 is 35.8 Å². The second kappa shape index (κ2) is 13.4. The molecule has 0 fully saturated rings. The van der Waals surface area contributed by atoms with Crippen LogP contribution in [-0.4, -0.2) is 47.4 Å². The third-order valence-electron chi connectivity index (χ3n) is 6.41. The van der Waals surface area contributed by atoms with Gasteiger partial charge in [0, 0.05) is 24.3 Å². The summed E-state index contributed by atoms with van der Waals surface area (Å²) in [5, 5.41) is 5.71. The van der Waals surface area contributed by atoms with Gasteiger partial charge in [-0.1, -0.05) is 54.6 Å². The molecule has 1 heterocycles. The maximum atomic E-state index is 13.6. The van der Waals surface area contributed by atoms with E-state index >= 15 is 0 Å². The van der Waals surface area contributed by atoms with Gasteiger partial charge in [0.15, 0.2) is 0 Å². The normalized spacial score (nSPS) is 13.5. The maximum absolute atomic E-state index is 13.6. The van der Waals surface area contributed by atoms with Crippen LogP contribution in [-0.2, 0) is 33.9 Å². The zero-order valence-electron chi connectivity index (χ0n) is 22.2. The van der Waals surface area contributed by atoms with E-state index < -0.39 is 17.5 Å². The van der Waals surface area contributed by atoms with Crippen molar-refractivity contribution in [2.24, 2.45) is 5.73 Å². The number of rotatable bonds is 9. The molecule has 4 N–H and O–H groups in total. The van der Waals surface area contributed by atoms with Gasteiger partial charge in [-0.15, -0.1) is 12.4 Å². The van der Waals surface area contributed by atoms with Gasteiger partial charge in [-0.05, 0) is 61.2 Å². The van der Waals surface area contributed by atoms with E-state index in [4.69, 9.17) is 10.5 Å². The topological polar surface area (TPSA) is 114 Å². The lowest BCUT2D eigenvalue weighted by Crippen LogP contribution is -2.58. The molecular weight excluding hydrogens is 516 g/mol. The molecular formula is C30H35ClN4O4. The lowest BCUT2D eigenvalue weighted by molar-refractivity contribution is -0.140. The third-order valence-corrected chi connectivity index (χ3v) is 6.41. The van der Waals surface area contributed by atoms with E-state index in [1.54, 1.807) is 30.9 Å². The lowest BCUT2D eigenvalue weighted by Gasteiger charge is -2.33. The summed E-state index contributed by atoms with van der Waals surface area (Å²) in [4.78, 5) is 40.5. The van der Waals surface area contributed by atoms with Gasteiger partial charge in [0.2, 0.25) is 11.8 Å². The molecule has 8 nitrogen and oxygen atoms in total. The lowest BCUT2D eigenvalue weighted by atomic mass is 9.98. The van der Waals surface area contributed by atoms with Crippen molar-refractivity contribution < 1.29 is 19.1 Å². The number of ether oxygens (including phenoxy) is 1. The highest BCUT2D eigenvalue weighted by atomic mass is 35.5. The molecule has 0 aliphatic carbocycles. The molecule has 1 aliphatic heterocycles. The summed E-state index contributed by atoms with van der Waals surface area (Å²) in [6, 6.07) is 23.5. The summed E-state index contributed by atoms with van der Waals surface area (Å²) in [5.41, 5.74) is 9.11. The first-order valence-electron chi connectivity index (χ1n) is 12.7. The van der Waals surface area contributed by atoms with E-state index in [0.717, 1.165) is 16.7 Å². The van der Waals surface area contributed by atoms with Crippen molar-refractivity contribution in [2.45, 2.75) is 45.0 Å². The quantitative estimate of drug-likeness (QED) is 0.376. The SMILES string of the molecule is CC(C)(N)C(=O)N[C@H](COCc1ccccc1)C(=O)N1CCc2ccc(NC(=O)c3ccccc3)cc2C1.Cl. The highest BCUT2D eigenvalue weighted by Crippen LogP contribution is 2.24. The van der Waals surface area contributed by atoms with Crippen molar-refractivity contribution in [2.75, 3.05) is 18.5 Å². The average molecular weight is 551 g/mol. The van der Waals surface area contributed by atoms with Gasteiger partial charge in [0.25, 0.3) is 5.91 Å². The van der Waals surface area contributed by atoms with Crippen molar-refractivity contribution in [1.82, 2.24) is 10.2 Å². The molecule has 0 saturated carbocycles. The fourth-order valence-corrected chi connectivity index (χ4v) is 4.22. The van der Waals surface area contributed by atoms with Crippen LogP contribution in [0, 0.1) is 0 Å². The Balaban J connectivity index is 0.00000420. The van der Waals surface area contributed by atoms with Gasteiger partial charge in [-0.2, -0.15) is 0 Å². The monoisotopic (exact) mass is 550 g/mol. The fourth-order valence-electron chi connectivity index (χ4n) is 4.22. The first-order chi connectivity index (χ1) is 18.2. The maximum Gasteiger partial charge on any atom is 0.255 e. The number of carbonyl (C=O) groups excluding carboxylic acids is 3. The van der Waals surface area contributed by atoms with E-state index in [2.05, 4.69) is 10.6 Å². The van der Waals surface area contributed by atoms with Crippen molar-refractivity contribution in [3.05, 3.63) is 101 Å². The summed E-state index contributed by atoms with van der Waals surface area (Å²) >= 11 is 0. The van der Waals surface area contributed by atoms with Gasteiger partial charge in [-0.25, -0.2) is 0 Å². The van der Waals surface area contributed by atoms with Crippen LogP contribution in [0.25, 0.3) is 0 Å². The van der Waals surface area contributed by atoms with Crippen molar-refractivity contribution in [3.63, 3.8) is 0 Å². The second-order valence-corrected chi connectivity index (χ2v) is 10.1. The highest BCUT2D eigenvalue weighted by molar-refractivity contribution is 6.04. The number of nitrogens with zero attached hydrogens (tertiary/aromatic N) is 1. The Kier molecular flexibility index (Phi) is 10.2. The second-order valence-electron chi connectivity index (χ2n) is 10.1. The van der Waals surface area contributed by atoms with Crippen LogP contribution < -0.4 is 16.4 Å². The Bertz CT molecular complexity index is 1280. The molecule has 0 bridgehead atoms. The van der Waals surface area contributed by atoms with Crippen LogP contribution >= 0.6 is 12.4 Å². The Morgan fingerprint density at radius 1 is 0.974 bits per heavy atom. The number of benzene rings is 3. The Labute approximate surface area is 235 Å². The fraction of sp³-hybridized carbons (Fsp3) is 0.300. The van der Waals surface area contributed by atoms with Gasteiger partial charge in [0.05, 0.1) is 18.8 Å². The zero-order chi connectivity index (χ0) is 27.1. The van der Waals surface area contributed by atoms with Crippen LogP contribution in [0.3, 0.4) is 0 Å². The number of amides is 3. The molecule has 39 heavy (non-hydrogen) atoms. The van der Waals surface area contributed by atoms with E-state index in [9.17, 15) is 14.4 Å². The largest absolute Gasteiger partial charge is 0.374 e. The molecule has 3 aromatic carbocycles. The minimum Gasteiger partial charge on any atom is -0.374 e. The summed E-state index contributed by atoms with van der Waals surface area (Å²) in [7, 11) is 0. The van der Waals surface area contributed by atoms with Gasteiger partial charge < -0.3 is 26.0 Å². The molecule has 0 radical (unpaired) electrons. The third kappa shape index (κ3) is 8.13. The number of nitrogens with one attached hydrogen (secondary N) is 2. The van der Waals surface area contributed by atoms with Crippen LogP contribution in [0.4, 0.5) is 5.69 Å². The number of nitrogens with two attached hydrogens (primary N) is 1. The molecule has 3 aromatic rings. The summed E-state index contributed by atoms with van der Waals surface area (Å²) < 4.78 is 5.83. The molecule has 0 spiro atoms. The minimum atomic E-state index is -1.14. The van der Waals surface area contributed by atoms with Crippen molar-refractivity contribution in [3.8, 4) is 0 Å². The molecule has 3 amide bonds. The average Bonchev–Trinajstić information content (AvgIpc) is 2.92. The Hall–Kier alpha value is -3.72. The summed E-state index contributed by atoms with van der Waals surface area (Å²) in [6.45, 7) is 4.40. The van der Waals surface area contributed by atoms with Gasteiger partial charge in [-0.3, -0.25) is 14.4 Å². The summed E-state index contributed by atoms with van der Waals surface area (Å²) in [6.07, 6.45) is 0.669. The molecule has 4 rings (SSSR count). The van der Waals surface area contributed by atoms with Crippen LogP contribution in [0.2, 0.25) is 0 Å². The molecule has 0 saturated heterocycles. The van der Waals surface area contributed by atoms with Crippen LogP contribution in [0.15, 0.2) is 78.9 Å². The molecule has 9 heteroatoms. The van der Waals surface area contributed by atoms with E-state index in [-0.39, 0.29) is 30.8 Å². The molecule has 0 aromatic heterocycles. The van der Waals surface area contributed by atoms with E-state index in [1.165, 1.54) is 0 Å². The number of hydrogen-bond donors (Lipinski definition) is 3. The molecule has 1 aliphatic rings. The number of hydrogen-bond acceptors (Lipinski definition) is 5. The van der Waals surface area contributed by atoms with Gasteiger partial charge >= 0.3 is 0 Å². The Morgan fingerprint density at radius 3 is 2.31 bits per heavy atom. The number of fused-ring (bicyclic) bond motifs is 1. The first kappa shape index (κ1) is 29.8.